The molecule has 1 fully saturated rings. The molecule has 0 aromatic carbocycles. The van der Waals surface area contributed by atoms with E-state index in [4.69, 9.17) is 16.7 Å². The number of nitrogens with zero attached hydrogens (tertiary/aromatic N) is 2. The van der Waals surface area contributed by atoms with E-state index < -0.39 is 0 Å². The summed E-state index contributed by atoms with van der Waals surface area (Å²) in [6, 6.07) is 0. The van der Waals surface area contributed by atoms with Crippen LogP contribution in [0.1, 0.15) is 25.1 Å². The molecule has 17 heavy (non-hydrogen) atoms. The molecule has 0 radical (unpaired) electrons. The largest absolute Gasteiger partial charge is 0.391 e. The van der Waals surface area contributed by atoms with E-state index in [9.17, 15) is 0 Å². The molecule has 96 valence electrons. The van der Waals surface area contributed by atoms with Crippen molar-refractivity contribution < 1.29 is 5.11 Å². The quantitative estimate of drug-likeness (QED) is 0.909. The van der Waals surface area contributed by atoms with E-state index in [1.807, 2.05) is 11.8 Å². The summed E-state index contributed by atoms with van der Waals surface area (Å²) < 4.78 is 0.343. The van der Waals surface area contributed by atoms with E-state index in [1.165, 1.54) is 11.3 Å². The number of thioether (sulfide) groups is 1. The van der Waals surface area contributed by atoms with Crippen molar-refractivity contribution >= 4 is 39.8 Å². The molecule has 0 amide bonds. The van der Waals surface area contributed by atoms with Crippen LogP contribution in [0, 0.1) is 0 Å². The second kappa shape index (κ2) is 5.34. The van der Waals surface area contributed by atoms with Gasteiger partial charge in [-0.05, 0) is 6.42 Å². The van der Waals surface area contributed by atoms with Gasteiger partial charge in [-0.3, -0.25) is 0 Å². The van der Waals surface area contributed by atoms with Gasteiger partial charge in [0.25, 0.3) is 0 Å². The van der Waals surface area contributed by atoms with E-state index in [1.54, 1.807) is 0 Å². The summed E-state index contributed by atoms with van der Waals surface area (Å²) in [6.07, 6.45) is 1.14. The summed E-state index contributed by atoms with van der Waals surface area (Å²) >= 11 is 9.48. The number of thiazole rings is 1. The normalized spacial score (nSPS) is 20.4. The number of aliphatic hydroxyl groups excluding tert-OH is 1. The van der Waals surface area contributed by atoms with Crippen molar-refractivity contribution in [2.24, 2.45) is 0 Å². The van der Waals surface area contributed by atoms with Crippen LogP contribution < -0.4 is 4.90 Å². The second-order valence-corrected chi connectivity index (χ2v) is 7.94. The smallest absolute Gasteiger partial charge is 0.187 e. The fourth-order valence-corrected chi connectivity index (χ4v) is 4.03. The summed E-state index contributed by atoms with van der Waals surface area (Å²) in [5.41, 5.74) is 0. The molecular weight excluding hydrogens is 276 g/mol. The van der Waals surface area contributed by atoms with Crippen LogP contribution in [0.3, 0.4) is 0 Å². The van der Waals surface area contributed by atoms with Gasteiger partial charge in [-0.2, -0.15) is 11.8 Å². The topological polar surface area (TPSA) is 36.4 Å². The summed E-state index contributed by atoms with van der Waals surface area (Å²) in [5.74, 6) is 1.11. The Hall–Kier alpha value is 0.0300. The molecule has 2 rings (SSSR count). The molecule has 1 aromatic heterocycles. The maximum Gasteiger partial charge on any atom is 0.187 e. The molecule has 1 aliphatic rings. The lowest BCUT2D eigenvalue weighted by atomic mass is 10.1. The van der Waals surface area contributed by atoms with Crippen LogP contribution in [0.4, 0.5) is 5.13 Å². The minimum absolute atomic E-state index is 0.0232. The highest BCUT2D eigenvalue weighted by Crippen LogP contribution is 2.35. The van der Waals surface area contributed by atoms with Crippen molar-refractivity contribution in [2.75, 3.05) is 23.7 Å². The van der Waals surface area contributed by atoms with Gasteiger partial charge in [0.15, 0.2) is 5.13 Å². The first-order valence-corrected chi connectivity index (χ1v) is 7.85. The highest BCUT2D eigenvalue weighted by atomic mass is 35.5. The Balaban J connectivity index is 2.11. The lowest BCUT2D eigenvalue weighted by Gasteiger charge is -2.22. The van der Waals surface area contributed by atoms with Crippen molar-refractivity contribution in [1.82, 2.24) is 4.98 Å². The van der Waals surface area contributed by atoms with E-state index in [0.717, 1.165) is 35.3 Å². The Morgan fingerprint density at radius 1 is 1.47 bits per heavy atom. The average Bonchev–Trinajstić information content (AvgIpc) is 2.54. The third kappa shape index (κ3) is 3.28. The number of anilines is 1. The van der Waals surface area contributed by atoms with Gasteiger partial charge in [0.05, 0.1) is 11.5 Å². The molecule has 1 N–H and O–H groups in total. The Bertz CT molecular complexity index is 395. The molecule has 0 spiro atoms. The zero-order valence-electron chi connectivity index (χ0n) is 10.1. The molecule has 2 heterocycles. The lowest BCUT2D eigenvalue weighted by Crippen LogP contribution is -2.26. The maximum absolute atomic E-state index is 9.13. The summed E-state index contributed by atoms with van der Waals surface area (Å²) in [6.45, 7) is 6.56. The monoisotopic (exact) mass is 292 g/mol. The number of halogens is 1. The second-order valence-electron chi connectivity index (χ2n) is 4.71. The lowest BCUT2D eigenvalue weighted by molar-refractivity contribution is 0.285. The highest BCUT2D eigenvalue weighted by molar-refractivity contribution is 8.00. The molecule has 1 saturated heterocycles. The van der Waals surface area contributed by atoms with Gasteiger partial charge in [0.2, 0.25) is 0 Å². The van der Waals surface area contributed by atoms with Gasteiger partial charge < -0.3 is 10.0 Å². The molecule has 0 aliphatic carbocycles. The zero-order chi connectivity index (χ0) is 12.5. The Morgan fingerprint density at radius 3 is 2.88 bits per heavy atom. The number of aliphatic hydroxyl groups is 1. The van der Waals surface area contributed by atoms with E-state index in [2.05, 4.69) is 23.7 Å². The molecule has 0 bridgehead atoms. The van der Waals surface area contributed by atoms with Crippen LogP contribution in [0.25, 0.3) is 0 Å². The van der Waals surface area contributed by atoms with Gasteiger partial charge in [-0.15, -0.1) is 0 Å². The molecule has 6 heteroatoms. The van der Waals surface area contributed by atoms with Crippen molar-refractivity contribution in [3.63, 3.8) is 0 Å². The van der Waals surface area contributed by atoms with Gasteiger partial charge in [0.1, 0.15) is 5.15 Å². The van der Waals surface area contributed by atoms with E-state index in [0.29, 0.717) is 9.90 Å². The maximum atomic E-state index is 9.13. The summed E-state index contributed by atoms with van der Waals surface area (Å²) in [7, 11) is 0. The Labute approximate surface area is 115 Å². The van der Waals surface area contributed by atoms with Crippen molar-refractivity contribution in [3.8, 4) is 0 Å². The van der Waals surface area contributed by atoms with Crippen LogP contribution in [0.15, 0.2) is 0 Å². The molecule has 1 aliphatic heterocycles. The van der Waals surface area contributed by atoms with Gasteiger partial charge >= 0.3 is 0 Å². The third-order valence-electron chi connectivity index (χ3n) is 2.89. The van der Waals surface area contributed by atoms with Crippen LogP contribution in [-0.4, -0.2) is 33.7 Å². The zero-order valence-corrected chi connectivity index (χ0v) is 12.5. The molecule has 0 unspecified atom stereocenters. The van der Waals surface area contributed by atoms with Gasteiger partial charge in [-0.1, -0.05) is 36.8 Å². The average molecular weight is 293 g/mol. The van der Waals surface area contributed by atoms with E-state index >= 15 is 0 Å². The van der Waals surface area contributed by atoms with Crippen LogP contribution in [0.5, 0.6) is 0 Å². The Kier molecular flexibility index (Phi) is 4.23. The van der Waals surface area contributed by atoms with Gasteiger partial charge in [-0.25, -0.2) is 4.98 Å². The number of aromatic nitrogens is 1. The van der Waals surface area contributed by atoms with Crippen molar-refractivity contribution in [3.05, 3.63) is 10.0 Å². The molecule has 3 nitrogen and oxygen atoms in total. The third-order valence-corrected chi connectivity index (χ3v) is 5.79. The molecule has 0 atom stereocenters. The van der Waals surface area contributed by atoms with Crippen LogP contribution in [0.2, 0.25) is 5.15 Å². The minimum Gasteiger partial charge on any atom is -0.391 e. The minimum atomic E-state index is -0.0232. The highest BCUT2D eigenvalue weighted by Gasteiger charge is 2.25. The first-order chi connectivity index (χ1) is 8.02. The molecule has 0 saturated carbocycles. The SMILES string of the molecule is CC1(C)CCN(c2nc(Cl)c(CO)s2)CCS1. The predicted octanol–water partition coefficient (Wildman–Crippen LogP) is 3.01. The summed E-state index contributed by atoms with van der Waals surface area (Å²) in [4.78, 5) is 7.37. The fourth-order valence-electron chi connectivity index (χ4n) is 1.77. The van der Waals surface area contributed by atoms with Crippen molar-refractivity contribution in [1.29, 1.82) is 0 Å². The summed E-state index contributed by atoms with van der Waals surface area (Å²) in [5, 5.41) is 10.5. The molecule has 1 aromatic rings. The van der Waals surface area contributed by atoms with Crippen LogP contribution >= 0.6 is 34.7 Å². The Morgan fingerprint density at radius 2 is 2.24 bits per heavy atom. The molecular formula is C11H17ClN2OS2. The predicted molar refractivity (Wildman–Crippen MR) is 76.4 cm³/mol. The van der Waals surface area contributed by atoms with Crippen LogP contribution in [-0.2, 0) is 6.61 Å². The fraction of sp³-hybridized carbons (Fsp3) is 0.727. The van der Waals surface area contributed by atoms with E-state index in [-0.39, 0.29) is 6.61 Å². The number of rotatable bonds is 2. The first kappa shape index (κ1) is 13.5. The standard InChI is InChI=1S/C11H17ClN2OS2/c1-11(2)3-4-14(5-6-16-11)10-13-9(12)8(7-15)17-10/h15H,3-7H2,1-2H3. The first-order valence-electron chi connectivity index (χ1n) is 5.67. The number of hydrogen-bond acceptors (Lipinski definition) is 5. The number of hydrogen-bond donors (Lipinski definition) is 1. The van der Waals surface area contributed by atoms with Gasteiger partial charge in [0, 0.05) is 23.6 Å². The van der Waals surface area contributed by atoms with Crippen molar-refractivity contribution in [2.45, 2.75) is 31.6 Å².